The second-order valence-electron chi connectivity index (χ2n) is 5.06. The maximum absolute atomic E-state index is 12.8. The number of halogens is 3. The highest BCUT2D eigenvalue weighted by atomic mass is 19.4. The summed E-state index contributed by atoms with van der Waals surface area (Å²) in [5.41, 5.74) is 1.11. The van der Waals surface area contributed by atoms with Crippen molar-refractivity contribution in [3.63, 3.8) is 0 Å². The van der Waals surface area contributed by atoms with Gasteiger partial charge in [0, 0.05) is 19.8 Å². The van der Waals surface area contributed by atoms with Crippen LogP contribution >= 0.6 is 0 Å². The molecular formula is C15H22F3N. The summed E-state index contributed by atoms with van der Waals surface area (Å²) >= 11 is 0. The van der Waals surface area contributed by atoms with Crippen LogP contribution in [0.15, 0.2) is 18.2 Å². The molecule has 0 aliphatic heterocycles. The van der Waals surface area contributed by atoms with E-state index in [4.69, 9.17) is 0 Å². The summed E-state index contributed by atoms with van der Waals surface area (Å²) in [5.74, 6) is 0.324. The first kappa shape index (κ1) is 15.9. The molecule has 0 aliphatic carbocycles. The lowest BCUT2D eigenvalue weighted by Crippen LogP contribution is -2.15. The van der Waals surface area contributed by atoms with Crippen molar-refractivity contribution in [3.05, 3.63) is 29.3 Å². The van der Waals surface area contributed by atoms with Gasteiger partial charge in [-0.1, -0.05) is 26.3 Å². The number of hydrogen-bond donors (Lipinski definition) is 0. The molecule has 0 saturated heterocycles. The number of anilines is 1. The molecule has 0 aromatic heterocycles. The summed E-state index contributed by atoms with van der Waals surface area (Å²) in [6.45, 7) is 4.18. The van der Waals surface area contributed by atoms with Crippen molar-refractivity contribution in [3.8, 4) is 0 Å². The minimum Gasteiger partial charge on any atom is -0.377 e. The molecule has 19 heavy (non-hydrogen) atoms. The molecule has 0 spiro atoms. The van der Waals surface area contributed by atoms with Crippen molar-refractivity contribution in [2.24, 2.45) is 0 Å². The molecular weight excluding hydrogens is 251 g/mol. The zero-order valence-corrected chi connectivity index (χ0v) is 12.0. The lowest BCUT2D eigenvalue weighted by atomic mass is 9.89. The third kappa shape index (κ3) is 3.88. The van der Waals surface area contributed by atoms with Crippen molar-refractivity contribution in [1.82, 2.24) is 0 Å². The lowest BCUT2D eigenvalue weighted by Gasteiger charge is -2.24. The van der Waals surface area contributed by atoms with E-state index in [0.717, 1.165) is 24.8 Å². The second-order valence-corrected chi connectivity index (χ2v) is 5.06. The van der Waals surface area contributed by atoms with Crippen LogP contribution < -0.4 is 4.90 Å². The first-order valence-electron chi connectivity index (χ1n) is 6.69. The Bertz CT molecular complexity index is 410. The smallest absolute Gasteiger partial charge is 0.377 e. The van der Waals surface area contributed by atoms with Gasteiger partial charge in [0.25, 0.3) is 0 Å². The summed E-state index contributed by atoms with van der Waals surface area (Å²) in [6.07, 6.45) is -1.30. The van der Waals surface area contributed by atoms with Crippen molar-refractivity contribution in [2.45, 2.75) is 45.2 Å². The Kier molecular flexibility index (Phi) is 5.27. The Balaban J connectivity index is 3.25. The molecule has 0 heterocycles. The first-order chi connectivity index (χ1) is 8.81. The van der Waals surface area contributed by atoms with Crippen molar-refractivity contribution < 1.29 is 13.2 Å². The van der Waals surface area contributed by atoms with Crippen LogP contribution in [0.4, 0.5) is 18.9 Å². The zero-order valence-electron chi connectivity index (χ0n) is 12.0. The molecule has 1 unspecified atom stereocenters. The van der Waals surface area contributed by atoms with Crippen LogP contribution in [0.25, 0.3) is 0 Å². The number of rotatable bonds is 5. The van der Waals surface area contributed by atoms with E-state index in [9.17, 15) is 13.2 Å². The molecule has 4 heteroatoms. The van der Waals surface area contributed by atoms with E-state index in [2.05, 4.69) is 13.8 Å². The maximum Gasteiger partial charge on any atom is 0.416 e. The quantitative estimate of drug-likeness (QED) is 0.724. The zero-order chi connectivity index (χ0) is 14.6. The van der Waals surface area contributed by atoms with Gasteiger partial charge < -0.3 is 4.90 Å². The van der Waals surface area contributed by atoms with Crippen molar-refractivity contribution in [2.75, 3.05) is 19.0 Å². The molecule has 0 aliphatic rings. The Labute approximate surface area is 113 Å². The SMILES string of the molecule is CCCC(CC)c1ccc(C(F)(F)F)cc1N(C)C. The molecule has 0 fully saturated rings. The van der Waals surface area contributed by atoms with Gasteiger partial charge in [0.2, 0.25) is 0 Å². The minimum atomic E-state index is -4.28. The average Bonchev–Trinajstić information content (AvgIpc) is 2.34. The van der Waals surface area contributed by atoms with Crippen molar-refractivity contribution >= 4 is 5.69 Å². The molecule has 1 atom stereocenters. The molecule has 1 aromatic rings. The average molecular weight is 273 g/mol. The van der Waals surface area contributed by atoms with Crippen LogP contribution in [-0.2, 0) is 6.18 Å². The van der Waals surface area contributed by atoms with E-state index in [-0.39, 0.29) is 0 Å². The number of alkyl halides is 3. The largest absolute Gasteiger partial charge is 0.416 e. The summed E-state index contributed by atoms with van der Waals surface area (Å²) in [7, 11) is 3.58. The summed E-state index contributed by atoms with van der Waals surface area (Å²) < 4.78 is 38.3. The van der Waals surface area contributed by atoms with E-state index in [0.29, 0.717) is 11.6 Å². The Morgan fingerprint density at radius 2 is 1.79 bits per heavy atom. The van der Waals surface area contributed by atoms with Crippen LogP contribution in [0, 0.1) is 0 Å². The van der Waals surface area contributed by atoms with E-state index in [1.54, 1.807) is 25.1 Å². The van der Waals surface area contributed by atoms with Gasteiger partial charge in [0.15, 0.2) is 0 Å². The maximum atomic E-state index is 12.8. The fourth-order valence-corrected chi connectivity index (χ4v) is 2.38. The van der Waals surface area contributed by atoms with Crippen molar-refractivity contribution in [1.29, 1.82) is 0 Å². The predicted molar refractivity (Wildman–Crippen MR) is 73.7 cm³/mol. The molecule has 0 bridgehead atoms. The standard InChI is InChI=1S/C15H22F3N/c1-5-7-11(6-2)13-9-8-12(15(16,17)18)10-14(13)19(3)4/h8-11H,5-7H2,1-4H3. The fourth-order valence-electron chi connectivity index (χ4n) is 2.38. The van der Waals surface area contributed by atoms with Crippen LogP contribution in [0.2, 0.25) is 0 Å². The highest BCUT2D eigenvalue weighted by Gasteiger charge is 2.31. The monoisotopic (exact) mass is 273 g/mol. The number of hydrogen-bond acceptors (Lipinski definition) is 1. The highest BCUT2D eigenvalue weighted by Crippen LogP contribution is 2.37. The van der Waals surface area contributed by atoms with Crippen LogP contribution in [0.1, 0.15) is 50.2 Å². The van der Waals surface area contributed by atoms with Gasteiger partial charge >= 0.3 is 6.18 Å². The number of nitrogens with zero attached hydrogens (tertiary/aromatic N) is 1. The van der Waals surface area contributed by atoms with Crippen LogP contribution in [-0.4, -0.2) is 14.1 Å². The summed E-state index contributed by atoms with van der Waals surface area (Å²) in [5, 5.41) is 0. The fraction of sp³-hybridized carbons (Fsp3) is 0.600. The number of benzene rings is 1. The van der Waals surface area contributed by atoms with Crippen LogP contribution in [0.5, 0.6) is 0 Å². The van der Waals surface area contributed by atoms with Gasteiger partial charge in [-0.15, -0.1) is 0 Å². The van der Waals surface area contributed by atoms with Gasteiger partial charge in [-0.25, -0.2) is 0 Å². The normalized spacial score (nSPS) is 13.4. The molecule has 0 amide bonds. The molecule has 0 N–H and O–H groups in total. The molecule has 108 valence electrons. The van der Waals surface area contributed by atoms with Gasteiger partial charge in [-0.3, -0.25) is 0 Å². The molecule has 1 nitrogen and oxygen atoms in total. The molecule has 1 aromatic carbocycles. The molecule has 0 radical (unpaired) electrons. The Morgan fingerprint density at radius 1 is 1.16 bits per heavy atom. The van der Waals surface area contributed by atoms with Crippen LogP contribution in [0.3, 0.4) is 0 Å². The minimum absolute atomic E-state index is 0.324. The third-order valence-corrected chi connectivity index (χ3v) is 3.41. The first-order valence-corrected chi connectivity index (χ1v) is 6.69. The van der Waals surface area contributed by atoms with E-state index < -0.39 is 11.7 Å². The highest BCUT2D eigenvalue weighted by molar-refractivity contribution is 5.56. The van der Waals surface area contributed by atoms with Gasteiger partial charge in [-0.2, -0.15) is 13.2 Å². The molecule has 0 saturated carbocycles. The second kappa shape index (κ2) is 6.31. The third-order valence-electron chi connectivity index (χ3n) is 3.41. The summed E-state index contributed by atoms with van der Waals surface area (Å²) in [6, 6.07) is 4.09. The Hall–Kier alpha value is -1.19. The van der Waals surface area contributed by atoms with Gasteiger partial charge in [0.1, 0.15) is 0 Å². The Morgan fingerprint density at radius 3 is 2.21 bits per heavy atom. The van der Waals surface area contributed by atoms with E-state index >= 15 is 0 Å². The summed E-state index contributed by atoms with van der Waals surface area (Å²) in [4.78, 5) is 1.77. The predicted octanol–water partition coefficient (Wildman–Crippen LogP) is 5.07. The van der Waals surface area contributed by atoms with E-state index in [1.165, 1.54) is 12.1 Å². The molecule has 1 rings (SSSR count). The van der Waals surface area contributed by atoms with E-state index in [1.807, 2.05) is 0 Å². The van der Waals surface area contributed by atoms with Gasteiger partial charge in [-0.05, 0) is 36.5 Å². The topological polar surface area (TPSA) is 3.24 Å². The van der Waals surface area contributed by atoms with Gasteiger partial charge in [0.05, 0.1) is 5.56 Å². The lowest BCUT2D eigenvalue weighted by molar-refractivity contribution is -0.137.